The summed E-state index contributed by atoms with van der Waals surface area (Å²) >= 11 is 0. The molecule has 0 radical (unpaired) electrons. The Morgan fingerprint density at radius 3 is 2.86 bits per heavy atom. The fourth-order valence-corrected chi connectivity index (χ4v) is 2.58. The molecule has 3 rings (SSSR count). The van der Waals surface area contributed by atoms with Crippen LogP contribution in [0.2, 0.25) is 0 Å². The first-order valence-corrected chi connectivity index (χ1v) is 7.57. The average molecular weight is 287 g/mol. The molecule has 112 valence electrons. The lowest BCUT2D eigenvalue weighted by molar-refractivity contribution is 0.145. The van der Waals surface area contributed by atoms with Crippen LogP contribution in [0.25, 0.3) is 5.65 Å². The maximum Gasteiger partial charge on any atom is 0.231 e. The Morgan fingerprint density at radius 2 is 2.05 bits per heavy atom. The Bertz CT molecular complexity index is 594. The van der Waals surface area contributed by atoms with Crippen molar-refractivity contribution in [2.45, 2.75) is 6.42 Å². The molecule has 0 atom stereocenters. The second-order valence-corrected chi connectivity index (χ2v) is 5.69. The van der Waals surface area contributed by atoms with Crippen molar-refractivity contribution in [1.29, 1.82) is 0 Å². The van der Waals surface area contributed by atoms with Crippen LogP contribution in [-0.4, -0.2) is 78.6 Å². The van der Waals surface area contributed by atoms with Crippen LogP contribution in [0.4, 0.5) is 0 Å². The first-order chi connectivity index (χ1) is 10.2. The number of hydrogen-bond acceptors (Lipinski definition) is 5. The molecule has 1 saturated heterocycles. The van der Waals surface area contributed by atoms with Crippen LogP contribution >= 0.6 is 0 Å². The zero-order valence-corrected chi connectivity index (χ0v) is 12.8. The van der Waals surface area contributed by atoms with Crippen LogP contribution in [0.3, 0.4) is 0 Å². The molecule has 7 heteroatoms. The van der Waals surface area contributed by atoms with Gasteiger partial charge in [0, 0.05) is 50.6 Å². The molecule has 1 fully saturated rings. The first-order valence-electron chi connectivity index (χ1n) is 7.57. The van der Waals surface area contributed by atoms with E-state index in [-0.39, 0.29) is 0 Å². The molecule has 1 aliphatic rings. The molecule has 0 bridgehead atoms. The third-order valence-electron chi connectivity index (χ3n) is 3.97. The number of hydrogen-bond donors (Lipinski definition) is 0. The van der Waals surface area contributed by atoms with Crippen LogP contribution < -0.4 is 10.3 Å². The third-order valence-corrected chi connectivity index (χ3v) is 3.97. The van der Waals surface area contributed by atoms with Crippen LogP contribution in [-0.2, 0) is 0 Å². The van der Waals surface area contributed by atoms with Crippen molar-refractivity contribution in [3.05, 3.63) is 18.3 Å². The second-order valence-electron chi connectivity index (χ2n) is 5.69. The van der Waals surface area contributed by atoms with E-state index in [9.17, 15) is 0 Å². The Labute approximate surface area is 126 Å². The predicted molar refractivity (Wildman–Crippen MR) is 85.2 cm³/mol. The number of fused-ring (bicyclic) bond motifs is 1. The maximum atomic E-state index is 5.75. The van der Waals surface area contributed by atoms with Crippen LogP contribution in [0.5, 0.6) is 5.88 Å². The smallest absolute Gasteiger partial charge is 0.231 e. The normalized spacial score (nSPS) is 17.4. The summed E-state index contributed by atoms with van der Waals surface area (Å²) in [5.41, 5.74) is 1.88. The molecular weight excluding hydrogens is 265 g/mol. The van der Waals surface area contributed by atoms with Crippen molar-refractivity contribution >= 4 is 19.1 Å². The number of ether oxygens (including phenoxy) is 1. The first kappa shape index (κ1) is 14.3. The van der Waals surface area contributed by atoms with E-state index >= 15 is 0 Å². The lowest BCUT2D eigenvalue weighted by Crippen LogP contribution is -2.44. The number of piperazine rings is 1. The molecule has 3 heterocycles. The number of nitrogens with zero attached hydrogens (tertiary/aromatic N) is 5. The van der Waals surface area contributed by atoms with Crippen molar-refractivity contribution < 1.29 is 4.74 Å². The predicted octanol–water partition coefficient (Wildman–Crippen LogP) is -0.996. The molecule has 0 N–H and O–H groups in total. The lowest BCUT2D eigenvalue weighted by atomic mass is 10.1. The average Bonchev–Trinajstić information content (AvgIpc) is 2.87. The van der Waals surface area contributed by atoms with Gasteiger partial charge in [-0.05, 0) is 19.5 Å². The molecule has 1 aliphatic heterocycles. The number of rotatable bonds is 5. The van der Waals surface area contributed by atoms with E-state index in [1.807, 2.05) is 30.7 Å². The summed E-state index contributed by atoms with van der Waals surface area (Å²) in [6.07, 6.45) is 2.85. The van der Waals surface area contributed by atoms with Crippen LogP contribution in [0, 0.1) is 0 Å². The van der Waals surface area contributed by atoms with Gasteiger partial charge in [0.05, 0.1) is 6.61 Å². The summed E-state index contributed by atoms with van der Waals surface area (Å²) in [4.78, 5) is 9.13. The van der Waals surface area contributed by atoms with Crippen molar-refractivity contribution in [2.24, 2.45) is 0 Å². The summed E-state index contributed by atoms with van der Waals surface area (Å²) < 4.78 is 7.57. The topological polar surface area (TPSA) is 45.9 Å². The minimum atomic E-state index is 0.668. The molecular formula is C14H22BN5O. The minimum absolute atomic E-state index is 0.668. The largest absolute Gasteiger partial charge is 0.477 e. The number of likely N-dealkylation sites (N-methyl/N-ethyl adjacent to an activating group) is 1. The molecule has 2 aromatic rings. The SMILES string of the molecule is Bc1cnc2ccc(OCCCN3CCN(C)CC3)nn12. The van der Waals surface area contributed by atoms with Gasteiger partial charge in [0.25, 0.3) is 0 Å². The van der Waals surface area contributed by atoms with Gasteiger partial charge < -0.3 is 14.5 Å². The molecule has 2 aromatic heterocycles. The fraction of sp³-hybridized carbons (Fsp3) is 0.571. The molecule has 21 heavy (non-hydrogen) atoms. The maximum absolute atomic E-state index is 5.75. The zero-order chi connectivity index (χ0) is 14.7. The van der Waals surface area contributed by atoms with Crippen molar-refractivity contribution in [3.8, 4) is 5.88 Å². The molecule has 0 unspecified atom stereocenters. The summed E-state index contributed by atoms with van der Waals surface area (Å²) in [7, 11) is 4.17. The van der Waals surface area contributed by atoms with Gasteiger partial charge in [0.2, 0.25) is 5.88 Å². The molecule has 6 nitrogen and oxygen atoms in total. The van der Waals surface area contributed by atoms with Crippen LogP contribution in [0.1, 0.15) is 6.42 Å². The van der Waals surface area contributed by atoms with Crippen LogP contribution in [0.15, 0.2) is 18.3 Å². The van der Waals surface area contributed by atoms with Gasteiger partial charge in [-0.15, -0.1) is 5.10 Å². The minimum Gasteiger partial charge on any atom is -0.477 e. The monoisotopic (exact) mass is 287 g/mol. The fourth-order valence-electron chi connectivity index (χ4n) is 2.58. The summed E-state index contributed by atoms with van der Waals surface area (Å²) in [6.45, 7) is 6.46. The van der Waals surface area contributed by atoms with Gasteiger partial charge in [-0.1, -0.05) is 0 Å². The summed E-state index contributed by atoms with van der Waals surface area (Å²) in [5.74, 6) is 0.668. The Morgan fingerprint density at radius 1 is 1.24 bits per heavy atom. The molecule has 0 aliphatic carbocycles. The highest BCUT2D eigenvalue weighted by atomic mass is 16.5. The highest BCUT2D eigenvalue weighted by Gasteiger charge is 2.12. The van der Waals surface area contributed by atoms with Gasteiger partial charge in [-0.2, -0.15) is 0 Å². The van der Waals surface area contributed by atoms with E-state index in [4.69, 9.17) is 4.74 Å². The molecule has 0 spiro atoms. The van der Waals surface area contributed by atoms with Gasteiger partial charge in [0.15, 0.2) is 13.5 Å². The molecule has 0 amide bonds. The van der Waals surface area contributed by atoms with E-state index in [0.29, 0.717) is 12.5 Å². The Kier molecular flexibility index (Phi) is 4.41. The summed E-state index contributed by atoms with van der Waals surface area (Å²) in [6, 6.07) is 3.83. The Hall–Kier alpha value is -1.60. The zero-order valence-electron chi connectivity index (χ0n) is 12.8. The van der Waals surface area contributed by atoms with Gasteiger partial charge in [-0.3, -0.25) is 0 Å². The van der Waals surface area contributed by atoms with E-state index in [1.165, 1.54) is 13.1 Å². The van der Waals surface area contributed by atoms with Gasteiger partial charge in [0.1, 0.15) is 0 Å². The Balaban J connectivity index is 1.45. The number of imidazole rings is 1. The summed E-state index contributed by atoms with van der Waals surface area (Å²) in [5, 5.41) is 4.44. The third kappa shape index (κ3) is 3.54. The van der Waals surface area contributed by atoms with E-state index in [2.05, 4.69) is 26.9 Å². The van der Waals surface area contributed by atoms with Crippen molar-refractivity contribution in [2.75, 3.05) is 46.4 Å². The highest BCUT2D eigenvalue weighted by Crippen LogP contribution is 2.07. The van der Waals surface area contributed by atoms with Gasteiger partial charge >= 0.3 is 0 Å². The highest BCUT2D eigenvalue weighted by molar-refractivity contribution is 6.30. The van der Waals surface area contributed by atoms with Crippen molar-refractivity contribution in [1.82, 2.24) is 24.4 Å². The van der Waals surface area contributed by atoms with Gasteiger partial charge in [-0.25, -0.2) is 9.50 Å². The van der Waals surface area contributed by atoms with Crippen molar-refractivity contribution in [3.63, 3.8) is 0 Å². The van der Waals surface area contributed by atoms with E-state index in [1.54, 1.807) is 0 Å². The standard InChI is InChI=1S/C14H22BN5O/c1-18-6-8-19(9-7-18)5-2-10-21-14-4-3-13-16-11-12(15)20(13)17-14/h3-4,11H,2,5-10,15H2,1H3. The van der Waals surface area contributed by atoms with E-state index < -0.39 is 0 Å². The van der Waals surface area contributed by atoms with E-state index in [0.717, 1.165) is 37.3 Å². The molecule has 0 aromatic carbocycles. The molecule has 0 saturated carbocycles. The second kappa shape index (κ2) is 6.45. The quantitative estimate of drug-likeness (QED) is 0.522. The number of aromatic nitrogens is 3. The lowest BCUT2D eigenvalue weighted by Gasteiger charge is -2.32.